The van der Waals surface area contributed by atoms with Gasteiger partial charge >= 0.3 is 0 Å². The van der Waals surface area contributed by atoms with Crippen LogP contribution in [0.15, 0.2) is 65.1 Å². The van der Waals surface area contributed by atoms with Crippen LogP contribution in [0.2, 0.25) is 0 Å². The van der Waals surface area contributed by atoms with Crippen molar-refractivity contribution in [3.8, 4) is 5.75 Å². The molecule has 5 heteroatoms. The summed E-state index contributed by atoms with van der Waals surface area (Å²) in [6, 6.07) is 14.0. The monoisotopic (exact) mass is 382 g/mol. The number of allylic oxidation sites excluding steroid dienone is 1. The SMILES string of the molecule is CC(C)c1ccc(C(=O)/C=C/c2ccc(COc3ccc(F)cc3F)o2)cc1. The first-order chi connectivity index (χ1) is 13.4. The van der Waals surface area contributed by atoms with Crippen LogP contribution < -0.4 is 4.74 Å². The lowest BCUT2D eigenvalue weighted by Crippen LogP contribution is -1.96. The molecule has 0 saturated heterocycles. The van der Waals surface area contributed by atoms with Gasteiger partial charge in [0.05, 0.1) is 0 Å². The Morgan fingerprint density at radius 3 is 2.50 bits per heavy atom. The summed E-state index contributed by atoms with van der Waals surface area (Å²) in [5.74, 6) is -0.290. The van der Waals surface area contributed by atoms with Crippen molar-refractivity contribution in [1.82, 2.24) is 0 Å². The van der Waals surface area contributed by atoms with E-state index in [1.165, 1.54) is 17.7 Å². The smallest absolute Gasteiger partial charge is 0.185 e. The molecule has 3 nitrogen and oxygen atoms in total. The zero-order valence-electron chi connectivity index (χ0n) is 15.6. The average molecular weight is 382 g/mol. The Bertz CT molecular complexity index is 985. The van der Waals surface area contributed by atoms with E-state index >= 15 is 0 Å². The van der Waals surface area contributed by atoms with Crippen LogP contribution in [0.4, 0.5) is 8.78 Å². The van der Waals surface area contributed by atoms with Crippen LogP contribution in [0.3, 0.4) is 0 Å². The molecule has 0 fully saturated rings. The molecule has 0 aliphatic rings. The van der Waals surface area contributed by atoms with Crippen molar-refractivity contribution in [3.05, 3.63) is 95.0 Å². The molecule has 1 heterocycles. The Labute approximate surface area is 162 Å². The lowest BCUT2D eigenvalue weighted by atomic mass is 10.0. The molecule has 28 heavy (non-hydrogen) atoms. The Morgan fingerprint density at radius 1 is 1.07 bits per heavy atom. The minimum atomic E-state index is -0.777. The van der Waals surface area contributed by atoms with E-state index in [-0.39, 0.29) is 18.1 Å². The molecular weight excluding hydrogens is 362 g/mol. The van der Waals surface area contributed by atoms with Crippen LogP contribution in [0.5, 0.6) is 5.75 Å². The van der Waals surface area contributed by atoms with Gasteiger partial charge in [-0.25, -0.2) is 8.78 Å². The second-order valence-corrected chi connectivity index (χ2v) is 6.64. The first-order valence-corrected chi connectivity index (χ1v) is 8.91. The number of hydrogen-bond donors (Lipinski definition) is 0. The first kappa shape index (κ1) is 19.5. The lowest BCUT2D eigenvalue weighted by Gasteiger charge is -2.05. The van der Waals surface area contributed by atoms with Crippen LogP contribution in [0, 0.1) is 11.6 Å². The molecule has 0 saturated carbocycles. The zero-order valence-corrected chi connectivity index (χ0v) is 15.6. The molecule has 0 atom stereocenters. The van der Waals surface area contributed by atoms with E-state index in [2.05, 4.69) is 13.8 Å². The summed E-state index contributed by atoms with van der Waals surface area (Å²) in [7, 11) is 0. The third-order valence-corrected chi connectivity index (χ3v) is 4.21. The van der Waals surface area contributed by atoms with Gasteiger partial charge < -0.3 is 9.15 Å². The second-order valence-electron chi connectivity index (χ2n) is 6.64. The van der Waals surface area contributed by atoms with E-state index in [1.54, 1.807) is 30.3 Å². The quantitative estimate of drug-likeness (QED) is 0.363. The van der Waals surface area contributed by atoms with Gasteiger partial charge in [-0.3, -0.25) is 4.79 Å². The van der Waals surface area contributed by atoms with E-state index in [0.29, 0.717) is 23.0 Å². The molecule has 0 aliphatic heterocycles. The fourth-order valence-corrected chi connectivity index (χ4v) is 2.59. The van der Waals surface area contributed by atoms with Gasteiger partial charge in [-0.15, -0.1) is 0 Å². The van der Waals surface area contributed by atoms with Crippen molar-refractivity contribution >= 4 is 11.9 Å². The van der Waals surface area contributed by atoms with Crippen molar-refractivity contribution in [1.29, 1.82) is 0 Å². The van der Waals surface area contributed by atoms with Crippen LogP contribution in [0.1, 0.15) is 47.2 Å². The largest absolute Gasteiger partial charge is 0.483 e. The average Bonchev–Trinajstić information content (AvgIpc) is 3.13. The number of ether oxygens (including phenoxy) is 1. The first-order valence-electron chi connectivity index (χ1n) is 8.91. The number of furan rings is 1. The van der Waals surface area contributed by atoms with E-state index in [1.807, 2.05) is 12.1 Å². The topological polar surface area (TPSA) is 39.4 Å². The fourth-order valence-electron chi connectivity index (χ4n) is 2.59. The van der Waals surface area contributed by atoms with Crippen LogP contribution in [-0.2, 0) is 6.61 Å². The number of halogens is 2. The highest BCUT2D eigenvalue weighted by atomic mass is 19.1. The van der Waals surface area contributed by atoms with E-state index in [4.69, 9.17) is 9.15 Å². The number of hydrogen-bond acceptors (Lipinski definition) is 3. The van der Waals surface area contributed by atoms with Gasteiger partial charge in [0.1, 0.15) is 23.9 Å². The Hall–Kier alpha value is -3.21. The molecular formula is C23H20F2O3. The summed E-state index contributed by atoms with van der Waals surface area (Å²) in [6.45, 7) is 4.18. The summed E-state index contributed by atoms with van der Waals surface area (Å²) >= 11 is 0. The predicted molar refractivity (Wildman–Crippen MR) is 103 cm³/mol. The maximum absolute atomic E-state index is 13.6. The molecule has 0 bridgehead atoms. The Balaban J connectivity index is 1.59. The zero-order chi connectivity index (χ0) is 20.1. The van der Waals surface area contributed by atoms with Gasteiger partial charge in [-0.05, 0) is 47.9 Å². The van der Waals surface area contributed by atoms with Crippen LogP contribution in [-0.4, -0.2) is 5.78 Å². The summed E-state index contributed by atoms with van der Waals surface area (Å²) < 4.78 is 37.3. The second kappa shape index (κ2) is 8.65. The summed E-state index contributed by atoms with van der Waals surface area (Å²) in [4.78, 5) is 12.3. The Morgan fingerprint density at radius 2 is 1.82 bits per heavy atom. The summed E-state index contributed by atoms with van der Waals surface area (Å²) in [6.07, 6.45) is 3.01. The summed E-state index contributed by atoms with van der Waals surface area (Å²) in [5, 5.41) is 0. The molecule has 0 radical (unpaired) electrons. The van der Waals surface area contributed by atoms with E-state index in [9.17, 15) is 13.6 Å². The number of carbonyl (C=O) groups excluding carboxylic acids is 1. The van der Waals surface area contributed by atoms with Gasteiger partial charge in [0, 0.05) is 11.6 Å². The minimum absolute atomic E-state index is 0.0129. The van der Waals surface area contributed by atoms with Gasteiger partial charge in [0.2, 0.25) is 0 Å². The lowest BCUT2D eigenvalue weighted by molar-refractivity contribution is 0.104. The fraction of sp³-hybridized carbons (Fsp3) is 0.174. The van der Waals surface area contributed by atoms with Gasteiger partial charge in [0.25, 0.3) is 0 Å². The number of benzene rings is 2. The third kappa shape index (κ3) is 4.94. The van der Waals surface area contributed by atoms with Gasteiger partial charge in [0.15, 0.2) is 17.3 Å². The molecule has 2 aromatic carbocycles. The molecule has 3 rings (SSSR count). The maximum atomic E-state index is 13.6. The third-order valence-electron chi connectivity index (χ3n) is 4.21. The van der Waals surface area contributed by atoms with Crippen LogP contribution >= 0.6 is 0 Å². The standard InChI is InChI=1S/C23H20F2O3/c1-15(2)16-3-5-17(6-4-16)22(26)11-10-19-8-9-20(28-19)14-27-23-12-7-18(24)13-21(23)25/h3-13,15H,14H2,1-2H3/b11-10+. The van der Waals surface area contributed by atoms with Crippen LogP contribution in [0.25, 0.3) is 6.08 Å². The molecule has 0 N–H and O–H groups in total. The highest BCUT2D eigenvalue weighted by molar-refractivity contribution is 6.06. The normalized spacial score (nSPS) is 11.3. The van der Waals surface area contributed by atoms with Crippen molar-refractivity contribution in [2.75, 3.05) is 0 Å². The number of carbonyl (C=O) groups is 1. The van der Waals surface area contributed by atoms with E-state index < -0.39 is 11.6 Å². The predicted octanol–water partition coefficient (Wildman–Crippen LogP) is 6.16. The molecule has 1 aromatic heterocycles. The van der Waals surface area contributed by atoms with Crippen molar-refractivity contribution in [2.45, 2.75) is 26.4 Å². The molecule has 0 amide bonds. The molecule has 3 aromatic rings. The van der Waals surface area contributed by atoms with Crippen molar-refractivity contribution in [2.24, 2.45) is 0 Å². The highest BCUT2D eigenvalue weighted by Gasteiger charge is 2.08. The molecule has 0 spiro atoms. The Kier molecular flexibility index (Phi) is 6.04. The number of ketones is 1. The van der Waals surface area contributed by atoms with Crippen molar-refractivity contribution in [3.63, 3.8) is 0 Å². The van der Waals surface area contributed by atoms with Gasteiger partial charge in [-0.2, -0.15) is 0 Å². The molecule has 144 valence electrons. The van der Waals surface area contributed by atoms with E-state index in [0.717, 1.165) is 12.1 Å². The summed E-state index contributed by atoms with van der Waals surface area (Å²) in [5.41, 5.74) is 1.77. The highest BCUT2D eigenvalue weighted by Crippen LogP contribution is 2.20. The molecule has 0 aliphatic carbocycles. The minimum Gasteiger partial charge on any atom is -0.483 e. The maximum Gasteiger partial charge on any atom is 0.185 e. The number of rotatable bonds is 7. The molecule has 0 unspecified atom stereocenters. The van der Waals surface area contributed by atoms with Gasteiger partial charge in [-0.1, -0.05) is 38.1 Å². The van der Waals surface area contributed by atoms with Crippen molar-refractivity contribution < 1.29 is 22.7 Å².